The van der Waals surface area contributed by atoms with Crippen molar-refractivity contribution in [1.29, 1.82) is 0 Å². The van der Waals surface area contributed by atoms with Gasteiger partial charge in [0.15, 0.2) is 11.6 Å². The van der Waals surface area contributed by atoms with Gasteiger partial charge in [-0.05, 0) is 70.1 Å². The zero-order chi connectivity index (χ0) is 42.3. The lowest BCUT2D eigenvalue weighted by molar-refractivity contribution is -0.371. The number of hydrogen-bond donors (Lipinski definition) is 5. The van der Waals surface area contributed by atoms with Gasteiger partial charge < -0.3 is 39.7 Å². The van der Waals surface area contributed by atoms with E-state index in [2.05, 4.69) is 19.9 Å². The second-order valence-electron chi connectivity index (χ2n) is 18.0. The molecule has 0 amide bonds. The quantitative estimate of drug-likeness (QED) is 0.216. The van der Waals surface area contributed by atoms with Gasteiger partial charge in [-0.15, -0.1) is 0 Å². The molecule has 0 unspecified atom stereocenters. The molecule has 0 aliphatic carbocycles. The van der Waals surface area contributed by atoms with E-state index < -0.39 is 89.0 Å². The Labute approximate surface area is 336 Å². The van der Waals surface area contributed by atoms with Crippen LogP contribution in [0.1, 0.15) is 121 Å². The van der Waals surface area contributed by atoms with Gasteiger partial charge >= 0.3 is 5.97 Å². The number of rotatable bonds is 3. The summed E-state index contributed by atoms with van der Waals surface area (Å²) in [5.41, 5.74) is -2.18. The molecule has 11 heteroatoms. The van der Waals surface area contributed by atoms with Crippen molar-refractivity contribution in [2.45, 2.75) is 175 Å². The maximum Gasteiger partial charge on any atom is 0.330 e. The standard InChI is InChI=1S/C45H74O11/c1-12-34-17-15-13-14-16-27(4)42(51)44(11,53)43(52)32(9)40(50)31(8)39(49)30(7)38(48)26(3)18-21-37(47)54-41-29(6)35(20-19-34)55-45(33(41)10)23-22-25(2)36(56-45)24-28(5)46/h13-15,17-18,21,25-36,38,40-42,46,48,50-51,53H,12,16,19-20,22-24H2,1-11H3/b14-13-,17-15+,21-18+/t25-,26-,27+,28+,29+,30-,31+,32+,33-,34+,35+,36+,38+,40-,41-,42-,44+,45+/m1/s1. The second-order valence-corrected chi connectivity index (χ2v) is 18.0. The molecular formula is C45H74O11. The second kappa shape index (κ2) is 20.6. The molecule has 56 heavy (non-hydrogen) atoms. The summed E-state index contributed by atoms with van der Waals surface area (Å²) < 4.78 is 20.0. The largest absolute Gasteiger partial charge is 0.458 e. The molecule has 2 fully saturated rings. The number of carbonyl (C=O) groups excluding carboxylic acids is 3. The molecule has 0 saturated carbocycles. The number of aliphatic hydroxyl groups excluding tert-OH is 4. The van der Waals surface area contributed by atoms with Gasteiger partial charge in [-0.25, -0.2) is 4.79 Å². The van der Waals surface area contributed by atoms with Crippen LogP contribution in [0.3, 0.4) is 0 Å². The van der Waals surface area contributed by atoms with E-state index in [4.69, 9.17) is 14.2 Å². The van der Waals surface area contributed by atoms with Crippen molar-refractivity contribution in [3.8, 4) is 0 Å². The Morgan fingerprint density at radius 3 is 2.11 bits per heavy atom. The Bertz CT molecular complexity index is 1390. The summed E-state index contributed by atoms with van der Waals surface area (Å²) >= 11 is 0. The number of aliphatic hydroxyl groups is 5. The molecule has 3 heterocycles. The normalized spacial score (nSPS) is 46.8. The molecule has 11 nitrogen and oxygen atoms in total. The highest BCUT2D eigenvalue weighted by atomic mass is 16.7. The maximum absolute atomic E-state index is 13.5. The predicted molar refractivity (Wildman–Crippen MR) is 215 cm³/mol. The van der Waals surface area contributed by atoms with Crippen LogP contribution in [0.5, 0.6) is 0 Å². The molecule has 18 atom stereocenters. The SMILES string of the molecule is CC[C@H]1/C=C/C=C\C[C@H](C)[C@@H](O)[C@](C)(O)C(=O)[C@@H](C)[C@H](O)[C@@H](C)C(=O)[C@H](C)[C@@H](O)[C@H](C)/C=C/C(=O)O[C@@H]2[C@@H](C)[C@H](CC1)O[C@]1(CC[C@@H](C)[C@H](C[C@H](C)O)O1)[C@@H]2C. The van der Waals surface area contributed by atoms with Crippen molar-refractivity contribution in [3.05, 3.63) is 36.5 Å². The van der Waals surface area contributed by atoms with Crippen LogP contribution >= 0.6 is 0 Å². The van der Waals surface area contributed by atoms with E-state index in [-0.39, 0.29) is 35.9 Å². The van der Waals surface area contributed by atoms with E-state index >= 15 is 0 Å². The molecule has 2 bridgehead atoms. The van der Waals surface area contributed by atoms with Crippen LogP contribution < -0.4 is 0 Å². The smallest absolute Gasteiger partial charge is 0.330 e. The number of Topliss-reactive ketones (excluding diaryl/α,β-unsaturated/α-hetero) is 2. The van der Waals surface area contributed by atoms with Crippen molar-refractivity contribution in [2.75, 3.05) is 0 Å². The van der Waals surface area contributed by atoms with Crippen molar-refractivity contribution in [3.63, 3.8) is 0 Å². The van der Waals surface area contributed by atoms with E-state index in [1.807, 2.05) is 32.1 Å². The molecule has 3 aliphatic rings. The lowest BCUT2D eigenvalue weighted by Gasteiger charge is -2.55. The maximum atomic E-state index is 13.5. The first-order valence-electron chi connectivity index (χ1n) is 21.2. The molecular weight excluding hydrogens is 716 g/mol. The molecule has 2 saturated heterocycles. The summed E-state index contributed by atoms with van der Waals surface area (Å²) in [6.07, 6.45) is 9.62. The average Bonchev–Trinajstić information content (AvgIpc) is 3.16. The summed E-state index contributed by atoms with van der Waals surface area (Å²) in [4.78, 5) is 40.5. The third-order valence-electron chi connectivity index (χ3n) is 13.4. The van der Waals surface area contributed by atoms with Gasteiger partial charge in [0, 0.05) is 48.0 Å². The minimum Gasteiger partial charge on any atom is -0.458 e. The van der Waals surface area contributed by atoms with Crippen molar-refractivity contribution in [1.82, 2.24) is 0 Å². The van der Waals surface area contributed by atoms with Crippen LogP contribution in [0.25, 0.3) is 0 Å². The van der Waals surface area contributed by atoms with Crippen molar-refractivity contribution < 1.29 is 54.1 Å². The number of carbonyl (C=O) groups is 3. The predicted octanol–water partition coefficient (Wildman–Crippen LogP) is 5.88. The van der Waals surface area contributed by atoms with E-state index in [9.17, 15) is 39.9 Å². The fraction of sp³-hybridized carbons (Fsp3) is 0.800. The Hall–Kier alpha value is -2.25. The molecule has 1 spiro atoms. The number of ether oxygens (including phenoxy) is 3. The third kappa shape index (κ3) is 11.5. The molecule has 0 aromatic carbocycles. The van der Waals surface area contributed by atoms with E-state index in [1.165, 1.54) is 39.8 Å². The summed E-state index contributed by atoms with van der Waals surface area (Å²) in [5.74, 6) is -7.28. The van der Waals surface area contributed by atoms with E-state index in [0.29, 0.717) is 25.7 Å². The van der Waals surface area contributed by atoms with Crippen molar-refractivity contribution >= 4 is 17.5 Å². The molecule has 0 aromatic rings. The zero-order valence-corrected chi connectivity index (χ0v) is 35.8. The third-order valence-corrected chi connectivity index (χ3v) is 13.4. The van der Waals surface area contributed by atoms with Gasteiger partial charge in [0.25, 0.3) is 0 Å². The first-order chi connectivity index (χ1) is 26.1. The molecule has 320 valence electrons. The lowest BCUT2D eigenvalue weighted by atomic mass is 9.74. The average molecular weight is 791 g/mol. The van der Waals surface area contributed by atoms with Crippen LogP contribution in [-0.2, 0) is 28.6 Å². The fourth-order valence-corrected chi connectivity index (χ4v) is 9.01. The van der Waals surface area contributed by atoms with E-state index in [0.717, 1.165) is 19.3 Å². The first-order valence-corrected chi connectivity index (χ1v) is 21.2. The highest BCUT2D eigenvalue weighted by Gasteiger charge is 2.56. The summed E-state index contributed by atoms with van der Waals surface area (Å²) in [5, 5.41) is 55.0. The summed E-state index contributed by atoms with van der Waals surface area (Å²) in [6, 6.07) is 0. The Kier molecular flexibility index (Phi) is 17.7. The Balaban J connectivity index is 1.99. The Morgan fingerprint density at radius 1 is 0.839 bits per heavy atom. The number of ketones is 2. The first kappa shape index (κ1) is 48.1. The molecule has 0 aromatic heterocycles. The van der Waals surface area contributed by atoms with Gasteiger partial charge in [-0.3, -0.25) is 9.59 Å². The minimum atomic E-state index is -2.18. The summed E-state index contributed by atoms with van der Waals surface area (Å²) in [7, 11) is 0. The summed E-state index contributed by atoms with van der Waals surface area (Å²) in [6.45, 7) is 19.1. The van der Waals surface area contributed by atoms with Crippen LogP contribution in [-0.4, -0.2) is 97.2 Å². The number of fused-ring (bicyclic) bond motifs is 2. The highest BCUT2D eigenvalue weighted by molar-refractivity contribution is 5.91. The van der Waals surface area contributed by atoms with E-state index in [1.54, 1.807) is 20.8 Å². The van der Waals surface area contributed by atoms with Gasteiger partial charge in [0.1, 0.15) is 17.5 Å². The van der Waals surface area contributed by atoms with Crippen LogP contribution in [0.4, 0.5) is 0 Å². The number of hydrogen-bond acceptors (Lipinski definition) is 11. The zero-order valence-electron chi connectivity index (χ0n) is 35.8. The van der Waals surface area contributed by atoms with Crippen LogP contribution in [0, 0.1) is 53.3 Å². The molecule has 5 N–H and O–H groups in total. The fourth-order valence-electron chi connectivity index (χ4n) is 9.01. The molecule has 3 aliphatic heterocycles. The minimum absolute atomic E-state index is 0.168. The van der Waals surface area contributed by atoms with Gasteiger partial charge in [0.2, 0.25) is 0 Å². The highest BCUT2D eigenvalue weighted by Crippen LogP contribution is 2.49. The lowest BCUT2D eigenvalue weighted by Crippen LogP contribution is -2.62. The van der Waals surface area contributed by atoms with Gasteiger partial charge in [-0.2, -0.15) is 0 Å². The van der Waals surface area contributed by atoms with Crippen LogP contribution in [0.15, 0.2) is 36.5 Å². The monoisotopic (exact) mass is 791 g/mol. The number of esters is 1. The van der Waals surface area contributed by atoms with Crippen LogP contribution in [0.2, 0.25) is 0 Å². The number of allylic oxidation sites excluding steroid dienone is 4. The van der Waals surface area contributed by atoms with Gasteiger partial charge in [-0.1, -0.05) is 92.7 Å². The van der Waals surface area contributed by atoms with Crippen molar-refractivity contribution in [2.24, 2.45) is 53.3 Å². The Morgan fingerprint density at radius 2 is 1.48 bits per heavy atom. The topological polar surface area (TPSA) is 180 Å². The van der Waals surface area contributed by atoms with Gasteiger partial charge in [0.05, 0.1) is 36.6 Å². The molecule has 3 rings (SSSR count). The molecule has 0 radical (unpaired) electrons.